The SMILES string of the molecule is CN(Cc1ccccc1F)C(=O)CSc1nc2ccc(Cl)cc2[nH]1. The molecular formula is C17H15ClFN3OS. The lowest BCUT2D eigenvalue weighted by Crippen LogP contribution is -2.28. The molecule has 0 atom stereocenters. The Bertz CT molecular complexity index is 883. The Labute approximate surface area is 148 Å². The van der Waals surface area contributed by atoms with E-state index in [0.29, 0.717) is 15.7 Å². The molecule has 24 heavy (non-hydrogen) atoms. The third-order valence-electron chi connectivity index (χ3n) is 3.55. The van der Waals surface area contributed by atoms with Gasteiger partial charge in [0.25, 0.3) is 0 Å². The Morgan fingerprint density at radius 3 is 2.92 bits per heavy atom. The molecule has 0 saturated heterocycles. The van der Waals surface area contributed by atoms with Gasteiger partial charge in [-0.25, -0.2) is 9.37 Å². The van der Waals surface area contributed by atoms with Crippen LogP contribution in [-0.2, 0) is 11.3 Å². The summed E-state index contributed by atoms with van der Waals surface area (Å²) in [4.78, 5) is 21.3. The van der Waals surface area contributed by atoms with Gasteiger partial charge < -0.3 is 9.88 Å². The molecule has 2 aromatic carbocycles. The summed E-state index contributed by atoms with van der Waals surface area (Å²) in [5, 5.41) is 1.28. The second-order valence-electron chi connectivity index (χ2n) is 5.33. The Morgan fingerprint density at radius 1 is 1.33 bits per heavy atom. The number of benzene rings is 2. The normalized spacial score (nSPS) is 11.0. The van der Waals surface area contributed by atoms with Gasteiger partial charge in [0, 0.05) is 24.2 Å². The fourth-order valence-corrected chi connectivity index (χ4v) is 3.24. The van der Waals surface area contributed by atoms with Crippen molar-refractivity contribution in [2.24, 2.45) is 0 Å². The number of nitrogens with one attached hydrogen (secondary N) is 1. The van der Waals surface area contributed by atoms with Gasteiger partial charge in [-0.1, -0.05) is 41.6 Å². The van der Waals surface area contributed by atoms with Gasteiger partial charge in [0.15, 0.2) is 5.16 Å². The highest BCUT2D eigenvalue weighted by molar-refractivity contribution is 7.99. The van der Waals surface area contributed by atoms with Gasteiger partial charge >= 0.3 is 0 Å². The van der Waals surface area contributed by atoms with Crippen molar-refractivity contribution in [3.05, 3.63) is 58.9 Å². The van der Waals surface area contributed by atoms with Crippen molar-refractivity contribution in [1.82, 2.24) is 14.9 Å². The summed E-state index contributed by atoms with van der Waals surface area (Å²) < 4.78 is 13.6. The van der Waals surface area contributed by atoms with E-state index in [1.165, 1.54) is 22.7 Å². The maximum absolute atomic E-state index is 13.6. The van der Waals surface area contributed by atoms with Gasteiger partial charge in [0.2, 0.25) is 5.91 Å². The molecule has 0 aliphatic heterocycles. The fraction of sp³-hybridized carbons (Fsp3) is 0.176. The quantitative estimate of drug-likeness (QED) is 0.694. The molecule has 124 valence electrons. The summed E-state index contributed by atoms with van der Waals surface area (Å²) in [6.07, 6.45) is 0. The zero-order valence-electron chi connectivity index (χ0n) is 12.9. The first-order chi connectivity index (χ1) is 11.5. The molecule has 0 spiro atoms. The van der Waals surface area contributed by atoms with E-state index in [2.05, 4.69) is 9.97 Å². The van der Waals surface area contributed by atoms with Crippen molar-refractivity contribution in [3.63, 3.8) is 0 Å². The second kappa shape index (κ2) is 7.23. The topological polar surface area (TPSA) is 49.0 Å². The molecule has 1 N–H and O–H groups in total. The van der Waals surface area contributed by atoms with Gasteiger partial charge in [-0.15, -0.1) is 0 Å². The number of halogens is 2. The minimum atomic E-state index is -0.307. The van der Waals surface area contributed by atoms with Crippen LogP contribution < -0.4 is 0 Å². The van der Waals surface area contributed by atoms with E-state index >= 15 is 0 Å². The van der Waals surface area contributed by atoms with Crippen LogP contribution in [0.25, 0.3) is 11.0 Å². The van der Waals surface area contributed by atoms with Gasteiger partial charge in [-0.3, -0.25) is 4.79 Å². The molecule has 0 fully saturated rings. The van der Waals surface area contributed by atoms with Crippen molar-refractivity contribution in [2.45, 2.75) is 11.7 Å². The molecule has 4 nitrogen and oxygen atoms in total. The van der Waals surface area contributed by atoms with Gasteiger partial charge in [-0.2, -0.15) is 0 Å². The van der Waals surface area contributed by atoms with E-state index in [1.54, 1.807) is 37.4 Å². The molecule has 3 rings (SSSR count). The van der Waals surface area contributed by atoms with Crippen LogP contribution in [0.1, 0.15) is 5.56 Å². The third kappa shape index (κ3) is 3.88. The first-order valence-electron chi connectivity index (χ1n) is 7.28. The highest BCUT2D eigenvalue weighted by atomic mass is 35.5. The van der Waals surface area contributed by atoms with Crippen LogP contribution in [0.15, 0.2) is 47.6 Å². The van der Waals surface area contributed by atoms with Crippen LogP contribution in [0.2, 0.25) is 5.02 Å². The van der Waals surface area contributed by atoms with Gasteiger partial charge in [0.1, 0.15) is 5.82 Å². The van der Waals surface area contributed by atoms with Gasteiger partial charge in [0.05, 0.1) is 16.8 Å². The molecule has 1 heterocycles. The third-order valence-corrected chi connectivity index (χ3v) is 4.64. The van der Waals surface area contributed by atoms with E-state index in [4.69, 9.17) is 11.6 Å². The molecule has 0 unspecified atom stereocenters. The highest BCUT2D eigenvalue weighted by Crippen LogP contribution is 2.22. The number of aromatic nitrogens is 2. The molecule has 0 radical (unpaired) electrons. The Kier molecular flexibility index (Phi) is 5.06. The lowest BCUT2D eigenvalue weighted by Gasteiger charge is -2.17. The zero-order chi connectivity index (χ0) is 17.1. The van der Waals surface area contributed by atoms with Crippen LogP contribution >= 0.6 is 23.4 Å². The first kappa shape index (κ1) is 16.8. The highest BCUT2D eigenvalue weighted by Gasteiger charge is 2.13. The fourth-order valence-electron chi connectivity index (χ4n) is 2.24. The summed E-state index contributed by atoms with van der Waals surface area (Å²) >= 11 is 7.25. The average molecular weight is 364 g/mol. The number of carbonyl (C=O) groups is 1. The number of hydrogen-bond donors (Lipinski definition) is 1. The lowest BCUT2D eigenvalue weighted by atomic mass is 10.2. The largest absolute Gasteiger partial charge is 0.341 e. The number of nitrogens with zero attached hydrogens (tertiary/aromatic N) is 2. The van der Waals surface area contributed by atoms with Crippen LogP contribution in [0, 0.1) is 5.82 Å². The molecule has 0 aliphatic rings. The molecule has 0 bridgehead atoms. The number of rotatable bonds is 5. The van der Waals surface area contributed by atoms with Crippen molar-refractivity contribution >= 4 is 40.3 Å². The first-order valence-corrected chi connectivity index (χ1v) is 8.65. The Morgan fingerprint density at radius 2 is 2.12 bits per heavy atom. The van der Waals surface area contributed by atoms with Crippen LogP contribution in [0.5, 0.6) is 0 Å². The van der Waals surface area contributed by atoms with E-state index < -0.39 is 0 Å². The van der Waals surface area contributed by atoms with Crippen molar-refractivity contribution in [1.29, 1.82) is 0 Å². The van der Waals surface area contributed by atoms with E-state index in [1.807, 2.05) is 6.07 Å². The number of carbonyl (C=O) groups excluding carboxylic acids is 1. The predicted octanol–water partition coefficient (Wildman–Crippen LogP) is 4.11. The summed E-state index contributed by atoms with van der Waals surface area (Å²) in [7, 11) is 1.66. The average Bonchev–Trinajstić information content (AvgIpc) is 2.96. The lowest BCUT2D eigenvalue weighted by molar-refractivity contribution is -0.127. The van der Waals surface area contributed by atoms with Crippen molar-refractivity contribution in [2.75, 3.05) is 12.8 Å². The zero-order valence-corrected chi connectivity index (χ0v) is 14.5. The molecule has 3 aromatic rings. The summed E-state index contributed by atoms with van der Waals surface area (Å²) in [5.41, 5.74) is 2.13. The molecule has 1 aromatic heterocycles. The number of fused-ring (bicyclic) bond motifs is 1. The van der Waals surface area contributed by atoms with Crippen LogP contribution in [0.3, 0.4) is 0 Å². The van der Waals surface area contributed by atoms with Gasteiger partial charge in [-0.05, 0) is 24.3 Å². The number of amides is 1. The van der Waals surface area contributed by atoms with E-state index in [0.717, 1.165) is 11.0 Å². The number of aromatic amines is 1. The van der Waals surface area contributed by atoms with E-state index in [9.17, 15) is 9.18 Å². The van der Waals surface area contributed by atoms with Crippen molar-refractivity contribution in [3.8, 4) is 0 Å². The standard InChI is InChI=1S/C17H15ClFN3OS/c1-22(9-11-4-2-3-5-13(11)19)16(23)10-24-17-20-14-7-6-12(18)8-15(14)21-17/h2-8H,9-10H2,1H3,(H,20,21). The van der Waals surface area contributed by atoms with Crippen LogP contribution in [-0.4, -0.2) is 33.6 Å². The second-order valence-corrected chi connectivity index (χ2v) is 6.73. The summed E-state index contributed by atoms with van der Waals surface area (Å²) in [6, 6.07) is 11.8. The molecule has 1 amide bonds. The number of thioether (sulfide) groups is 1. The minimum Gasteiger partial charge on any atom is -0.341 e. The molecule has 7 heteroatoms. The van der Waals surface area contributed by atoms with Crippen LogP contribution in [0.4, 0.5) is 4.39 Å². The molecule has 0 aliphatic carbocycles. The summed E-state index contributed by atoms with van der Waals surface area (Å²) in [5.74, 6) is -0.181. The number of imidazole rings is 1. The van der Waals surface area contributed by atoms with Crippen molar-refractivity contribution < 1.29 is 9.18 Å². The minimum absolute atomic E-state index is 0.0956. The molecule has 0 saturated carbocycles. The predicted molar refractivity (Wildman–Crippen MR) is 94.7 cm³/mol. The maximum Gasteiger partial charge on any atom is 0.233 e. The number of H-pyrrole nitrogens is 1. The Hall–Kier alpha value is -2.05. The number of hydrogen-bond acceptors (Lipinski definition) is 3. The smallest absolute Gasteiger partial charge is 0.233 e. The molecular weight excluding hydrogens is 349 g/mol. The monoisotopic (exact) mass is 363 g/mol. The Balaban J connectivity index is 1.60. The maximum atomic E-state index is 13.6. The van der Waals surface area contributed by atoms with E-state index in [-0.39, 0.29) is 24.0 Å². The summed E-state index contributed by atoms with van der Waals surface area (Å²) in [6.45, 7) is 0.238.